The number of amides is 2. The largest absolute Gasteiger partial charge is 0.383 e. The third-order valence-corrected chi connectivity index (χ3v) is 5.75. The van der Waals surface area contributed by atoms with Gasteiger partial charge in [-0.15, -0.1) is 11.3 Å². The Bertz CT molecular complexity index is 1100. The van der Waals surface area contributed by atoms with Gasteiger partial charge in [0, 0.05) is 30.3 Å². The normalized spacial score (nSPS) is 11.5. The van der Waals surface area contributed by atoms with E-state index in [2.05, 4.69) is 10.3 Å². The first-order chi connectivity index (χ1) is 14.5. The van der Waals surface area contributed by atoms with Crippen molar-refractivity contribution in [1.82, 2.24) is 9.88 Å². The molecule has 0 atom stereocenters. The van der Waals surface area contributed by atoms with Gasteiger partial charge in [0.1, 0.15) is 0 Å². The zero-order valence-corrected chi connectivity index (χ0v) is 18.3. The minimum Gasteiger partial charge on any atom is -0.383 e. The van der Waals surface area contributed by atoms with Crippen LogP contribution in [0, 0.1) is 6.92 Å². The number of ether oxygens (including phenoxy) is 1. The van der Waals surface area contributed by atoms with E-state index in [0.717, 1.165) is 11.3 Å². The lowest BCUT2D eigenvalue weighted by molar-refractivity contribution is 0.0936. The minimum atomic E-state index is -0.376. The molecule has 156 valence electrons. The van der Waals surface area contributed by atoms with Gasteiger partial charge in [-0.2, -0.15) is 4.99 Å². The van der Waals surface area contributed by atoms with Gasteiger partial charge in [0.2, 0.25) is 0 Å². The molecule has 6 nitrogen and oxygen atoms in total. The number of carbonyl (C=O) groups excluding carboxylic acids is 2. The molecule has 30 heavy (non-hydrogen) atoms. The van der Waals surface area contributed by atoms with Crippen molar-refractivity contribution in [3.63, 3.8) is 0 Å². The molecule has 0 aliphatic rings. The Morgan fingerprint density at radius 1 is 1.17 bits per heavy atom. The Kier molecular flexibility index (Phi) is 7.57. The van der Waals surface area contributed by atoms with Crippen LogP contribution in [0.15, 0.2) is 58.9 Å². The number of benzene rings is 2. The molecule has 2 amide bonds. The maximum Gasteiger partial charge on any atom is 0.281 e. The van der Waals surface area contributed by atoms with Gasteiger partial charge >= 0.3 is 0 Å². The summed E-state index contributed by atoms with van der Waals surface area (Å²) in [7, 11) is 1.59. The third kappa shape index (κ3) is 5.44. The van der Waals surface area contributed by atoms with Crippen LogP contribution in [0.4, 0.5) is 0 Å². The molecule has 0 unspecified atom stereocenters. The van der Waals surface area contributed by atoms with Crippen LogP contribution in [-0.4, -0.2) is 36.6 Å². The Labute approximate surface area is 183 Å². The fourth-order valence-corrected chi connectivity index (χ4v) is 3.88. The van der Waals surface area contributed by atoms with Crippen molar-refractivity contribution >= 4 is 34.8 Å². The maximum absolute atomic E-state index is 12.6. The molecule has 0 fully saturated rings. The molecule has 1 aromatic heterocycles. The van der Waals surface area contributed by atoms with E-state index in [0.29, 0.717) is 40.6 Å². The van der Waals surface area contributed by atoms with Gasteiger partial charge in [-0.3, -0.25) is 9.59 Å². The van der Waals surface area contributed by atoms with E-state index < -0.39 is 0 Å². The zero-order valence-electron chi connectivity index (χ0n) is 16.7. The van der Waals surface area contributed by atoms with Gasteiger partial charge in [0.25, 0.3) is 11.8 Å². The first-order valence-electron chi connectivity index (χ1n) is 9.34. The highest BCUT2D eigenvalue weighted by Crippen LogP contribution is 2.16. The van der Waals surface area contributed by atoms with Gasteiger partial charge in [-0.05, 0) is 36.8 Å². The second kappa shape index (κ2) is 10.3. The summed E-state index contributed by atoms with van der Waals surface area (Å²) >= 11 is 7.52. The molecule has 0 spiro atoms. The lowest BCUT2D eigenvalue weighted by Crippen LogP contribution is -2.26. The number of nitrogens with one attached hydrogen (secondary N) is 1. The summed E-state index contributed by atoms with van der Waals surface area (Å²) in [6.07, 6.45) is 0. The zero-order chi connectivity index (χ0) is 21.5. The molecule has 3 rings (SSSR count). The molecule has 1 heterocycles. The first-order valence-corrected chi connectivity index (χ1v) is 10.6. The summed E-state index contributed by atoms with van der Waals surface area (Å²) < 4.78 is 6.90. The second-order valence-corrected chi connectivity index (χ2v) is 7.83. The molecule has 0 saturated carbocycles. The number of halogens is 1. The number of rotatable bonds is 7. The van der Waals surface area contributed by atoms with E-state index in [1.54, 1.807) is 43.5 Å². The fraction of sp³-hybridized carbons (Fsp3) is 0.227. The van der Waals surface area contributed by atoms with E-state index in [9.17, 15) is 9.59 Å². The summed E-state index contributed by atoms with van der Waals surface area (Å²) in [4.78, 5) is 29.5. The average molecular weight is 444 g/mol. The number of methoxy groups -OCH3 is 1. The highest BCUT2D eigenvalue weighted by molar-refractivity contribution is 7.07. The van der Waals surface area contributed by atoms with E-state index in [1.807, 2.05) is 29.0 Å². The van der Waals surface area contributed by atoms with E-state index in [4.69, 9.17) is 16.3 Å². The topological polar surface area (TPSA) is 72.7 Å². The van der Waals surface area contributed by atoms with Crippen LogP contribution in [0.5, 0.6) is 0 Å². The molecule has 0 saturated heterocycles. The molecule has 2 aromatic carbocycles. The summed E-state index contributed by atoms with van der Waals surface area (Å²) in [5, 5.41) is 5.13. The Hall–Kier alpha value is -2.74. The lowest BCUT2D eigenvalue weighted by atomic mass is 10.1. The molecule has 0 radical (unpaired) electrons. The minimum absolute atomic E-state index is 0.140. The van der Waals surface area contributed by atoms with E-state index >= 15 is 0 Å². The lowest BCUT2D eigenvalue weighted by Gasteiger charge is -2.08. The van der Waals surface area contributed by atoms with Crippen LogP contribution in [0.2, 0.25) is 5.02 Å². The molecular weight excluding hydrogens is 422 g/mol. The van der Waals surface area contributed by atoms with Crippen molar-refractivity contribution in [1.29, 1.82) is 0 Å². The molecular formula is C22H22ClN3O3S. The SMILES string of the molecule is COCCNC(=O)c1ccc(Cn2c(C)csc2=NC(=O)c2ccccc2Cl)cc1. The molecule has 0 aliphatic carbocycles. The van der Waals surface area contributed by atoms with Crippen LogP contribution in [0.25, 0.3) is 0 Å². The first kappa shape index (κ1) is 22.0. The van der Waals surface area contributed by atoms with Gasteiger partial charge in [-0.25, -0.2) is 0 Å². The van der Waals surface area contributed by atoms with E-state index in [-0.39, 0.29) is 11.8 Å². The number of hydrogen-bond donors (Lipinski definition) is 1. The molecule has 3 aromatic rings. The summed E-state index contributed by atoms with van der Waals surface area (Å²) in [5.41, 5.74) is 2.95. The van der Waals surface area contributed by atoms with Crippen LogP contribution in [-0.2, 0) is 11.3 Å². The average Bonchev–Trinajstić information content (AvgIpc) is 3.08. The van der Waals surface area contributed by atoms with Crippen LogP contribution >= 0.6 is 22.9 Å². The molecule has 1 N–H and O–H groups in total. The van der Waals surface area contributed by atoms with Crippen molar-refractivity contribution in [3.8, 4) is 0 Å². The number of hydrogen-bond acceptors (Lipinski definition) is 4. The summed E-state index contributed by atoms with van der Waals surface area (Å²) in [6, 6.07) is 14.2. The van der Waals surface area contributed by atoms with Crippen molar-refractivity contribution in [2.45, 2.75) is 13.5 Å². The van der Waals surface area contributed by atoms with Crippen LogP contribution in [0.3, 0.4) is 0 Å². The van der Waals surface area contributed by atoms with Gasteiger partial charge < -0.3 is 14.6 Å². The predicted octanol–water partition coefficient (Wildman–Crippen LogP) is 3.68. The summed E-state index contributed by atoms with van der Waals surface area (Å²) in [5.74, 6) is -0.515. The highest BCUT2D eigenvalue weighted by Gasteiger charge is 2.11. The quantitative estimate of drug-likeness (QED) is 0.566. The van der Waals surface area contributed by atoms with Gasteiger partial charge in [0.05, 0.1) is 23.7 Å². The van der Waals surface area contributed by atoms with E-state index in [1.165, 1.54) is 11.3 Å². The molecule has 0 aliphatic heterocycles. The monoisotopic (exact) mass is 443 g/mol. The standard InChI is InChI=1S/C22H22ClN3O3S/c1-15-14-30-22(25-21(28)18-5-3-4-6-19(18)23)26(15)13-16-7-9-17(10-8-16)20(27)24-11-12-29-2/h3-10,14H,11-13H2,1-2H3,(H,24,27). The Balaban J connectivity index is 1.78. The number of nitrogens with zero attached hydrogens (tertiary/aromatic N) is 2. The maximum atomic E-state index is 12.6. The van der Waals surface area contributed by atoms with Crippen molar-refractivity contribution in [3.05, 3.63) is 86.1 Å². The van der Waals surface area contributed by atoms with Gasteiger partial charge in [0.15, 0.2) is 4.80 Å². The number of aromatic nitrogens is 1. The Morgan fingerprint density at radius 2 is 1.90 bits per heavy atom. The van der Waals surface area contributed by atoms with Crippen molar-refractivity contribution < 1.29 is 14.3 Å². The highest BCUT2D eigenvalue weighted by atomic mass is 35.5. The molecule has 0 bridgehead atoms. The Morgan fingerprint density at radius 3 is 2.60 bits per heavy atom. The predicted molar refractivity (Wildman–Crippen MR) is 118 cm³/mol. The van der Waals surface area contributed by atoms with Crippen LogP contribution < -0.4 is 10.1 Å². The van der Waals surface area contributed by atoms with Crippen molar-refractivity contribution in [2.75, 3.05) is 20.3 Å². The van der Waals surface area contributed by atoms with Gasteiger partial charge in [-0.1, -0.05) is 35.9 Å². The number of aryl methyl sites for hydroxylation is 1. The third-order valence-electron chi connectivity index (χ3n) is 4.44. The van der Waals surface area contributed by atoms with Crippen molar-refractivity contribution in [2.24, 2.45) is 4.99 Å². The number of carbonyl (C=O) groups is 2. The fourth-order valence-electron chi connectivity index (χ4n) is 2.79. The smallest absolute Gasteiger partial charge is 0.281 e. The number of thiazole rings is 1. The molecule has 8 heteroatoms. The summed E-state index contributed by atoms with van der Waals surface area (Å²) in [6.45, 7) is 3.44. The second-order valence-electron chi connectivity index (χ2n) is 6.59. The van der Waals surface area contributed by atoms with Crippen LogP contribution in [0.1, 0.15) is 32.0 Å².